The molecule has 1 aromatic heterocycles. The minimum atomic E-state index is 0.107. The van der Waals surface area contributed by atoms with Gasteiger partial charge in [0.2, 0.25) is 0 Å². The predicted molar refractivity (Wildman–Crippen MR) is 120 cm³/mol. The second kappa shape index (κ2) is 9.08. The maximum Gasteiger partial charge on any atom is 0.265 e. The first-order chi connectivity index (χ1) is 14.1. The quantitative estimate of drug-likeness (QED) is 0.582. The molecule has 3 aromatic rings. The summed E-state index contributed by atoms with van der Waals surface area (Å²) in [4.78, 5) is 23.0. The van der Waals surface area contributed by atoms with E-state index in [0.29, 0.717) is 0 Å². The second-order valence-corrected chi connectivity index (χ2v) is 8.78. The topological polar surface area (TPSA) is 36.4 Å². The Morgan fingerprint density at radius 3 is 2.55 bits per heavy atom. The highest BCUT2D eigenvalue weighted by Crippen LogP contribution is 2.29. The van der Waals surface area contributed by atoms with E-state index in [1.165, 1.54) is 16.9 Å². The standard InChI is InChI=1S/C23H24ClN3OS/c1-17-21(29-22(25-17)19-6-3-2-4-7-19)23(28)27-13-5-12-26(14-15-27)16-18-8-10-20(24)11-9-18/h2-4,6-11H,5,12-16H2,1H3. The van der Waals surface area contributed by atoms with Gasteiger partial charge in [-0.2, -0.15) is 0 Å². The molecule has 1 amide bonds. The normalized spacial score (nSPS) is 15.3. The molecule has 0 atom stereocenters. The van der Waals surface area contributed by atoms with Crippen molar-refractivity contribution >= 4 is 28.8 Å². The third-order valence-electron chi connectivity index (χ3n) is 5.21. The highest BCUT2D eigenvalue weighted by atomic mass is 35.5. The number of aromatic nitrogens is 1. The third kappa shape index (κ3) is 4.86. The van der Waals surface area contributed by atoms with Crippen LogP contribution in [0.3, 0.4) is 0 Å². The summed E-state index contributed by atoms with van der Waals surface area (Å²) in [6, 6.07) is 18.1. The minimum absolute atomic E-state index is 0.107. The molecule has 6 heteroatoms. The van der Waals surface area contributed by atoms with Crippen molar-refractivity contribution in [1.82, 2.24) is 14.8 Å². The van der Waals surface area contributed by atoms with Gasteiger partial charge in [-0.05, 0) is 31.0 Å². The van der Waals surface area contributed by atoms with Crippen LogP contribution in [0.2, 0.25) is 5.02 Å². The maximum atomic E-state index is 13.2. The summed E-state index contributed by atoms with van der Waals surface area (Å²) in [5.41, 5.74) is 3.13. The Hall–Kier alpha value is -2.21. The molecule has 2 heterocycles. The summed E-state index contributed by atoms with van der Waals surface area (Å²) in [6.07, 6.45) is 0.975. The number of amides is 1. The van der Waals surface area contributed by atoms with Gasteiger partial charge in [-0.25, -0.2) is 4.98 Å². The summed E-state index contributed by atoms with van der Waals surface area (Å²) in [6.45, 7) is 6.21. The fourth-order valence-corrected chi connectivity index (χ4v) is 4.79. The highest BCUT2D eigenvalue weighted by molar-refractivity contribution is 7.17. The number of benzene rings is 2. The van der Waals surface area contributed by atoms with Gasteiger partial charge in [0.15, 0.2) is 0 Å². The molecule has 4 rings (SSSR count). The van der Waals surface area contributed by atoms with Crippen molar-refractivity contribution in [1.29, 1.82) is 0 Å². The van der Waals surface area contributed by atoms with Crippen molar-refractivity contribution < 1.29 is 4.79 Å². The van der Waals surface area contributed by atoms with Crippen molar-refractivity contribution in [3.05, 3.63) is 75.8 Å². The molecule has 0 radical (unpaired) electrons. The van der Waals surface area contributed by atoms with E-state index in [1.807, 2.05) is 54.3 Å². The zero-order valence-corrected chi connectivity index (χ0v) is 18.0. The Bertz CT molecular complexity index is 972. The molecule has 0 bridgehead atoms. The van der Waals surface area contributed by atoms with E-state index < -0.39 is 0 Å². The van der Waals surface area contributed by atoms with Gasteiger partial charge < -0.3 is 4.90 Å². The first-order valence-corrected chi connectivity index (χ1v) is 11.1. The molecule has 0 unspecified atom stereocenters. The Morgan fingerprint density at radius 1 is 1.03 bits per heavy atom. The van der Waals surface area contributed by atoms with Crippen molar-refractivity contribution in [3.8, 4) is 10.6 Å². The summed E-state index contributed by atoms with van der Waals surface area (Å²) in [5.74, 6) is 0.107. The molecule has 0 aliphatic carbocycles. The first kappa shape index (κ1) is 20.1. The van der Waals surface area contributed by atoms with Gasteiger partial charge in [0.1, 0.15) is 9.88 Å². The molecule has 2 aromatic carbocycles. The van der Waals surface area contributed by atoms with Crippen LogP contribution in [0.5, 0.6) is 0 Å². The van der Waals surface area contributed by atoms with Gasteiger partial charge in [0.05, 0.1) is 5.69 Å². The Kier molecular flexibility index (Phi) is 6.28. The lowest BCUT2D eigenvalue weighted by Gasteiger charge is -2.22. The minimum Gasteiger partial charge on any atom is -0.337 e. The number of halogens is 1. The molecule has 1 aliphatic heterocycles. The van der Waals surface area contributed by atoms with Crippen molar-refractivity contribution in [2.75, 3.05) is 26.2 Å². The summed E-state index contributed by atoms with van der Waals surface area (Å²) < 4.78 is 0. The van der Waals surface area contributed by atoms with Gasteiger partial charge in [-0.15, -0.1) is 11.3 Å². The van der Waals surface area contributed by atoms with E-state index >= 15 is 0 Å². The zero-order valence-electron chi connectivity index (χ0n) is 16.5. The highest BCUT2D eigenvalue weighted by Gasteiger charge is 2.24. The summed E-state index contributed by atoms with van der Waals surface area (Å²) >= 11 is 7.48. The van der Waals surface area contributed by atoms with Gasteiger partial charge in [0, 0.05) is 43.3 Å². The average molecular weight is 426 g/mol. The van der Waals surface area contributed by atoms with Crippen LogP contribution in [0, 0.1) is 6.92 Å². The molecular weight excluding hydrogens is 402 g/mol. The Labute approximate surface area is 180 Å². The van der Waals surface area contributed by atoms with Crippen molar-refractivity contribution in [3.63, 3.8) is 0 Å². The molecule has 1 aliphatic rings. The van der Waals surface area contributed by atoms with Gasteiger partial charge >= 0.3 is 0 Å². The van der Waals surface area contributed by atoms with E-state index in [-0.39, 0.29) is 5.91 Å². The SMILES string of the molecule is Cc1nc(-c2ccccc2)sc1C(=O)N1CCCN(Cc2ccc(Cl)cc2)CC1. The molecule has 1 fully saturated rings. The maximum absolute atomic E-state index is 13.2. The number of hydrogen-bond donors (Lipinski definition) is 0. The summed E-state index contributed by atoms with van der Waals surface area (Å²) in [7, 11) is 0. The van der Waals surface area contributed by atoms with Crippen LogP contribution >= 0.6 is 22.9 Å². The zero-order chi connectivity index (χ0) is 20.2. The second-order valence-electron chi connectivity index (χ2n) is 7.35. The Balaban J connectivity index is 1.42. The van der Waals surface area contributed by atoms with Crippen molar-refractivity contribution in [2.24, 2.45) is 0 Å². The molecule has 0 spiro atoms. The van der Waals surface area contributed by atoms with Crippen LogP contribution in [-0.4, -0.2) is 46.9 Å². The van der Waals surface area contributed by atoms with E-state index in [9.17, 15) is 4.79 Å². The fraction of sp³-hybridized carbons (Fsp3) is 0.304. The van der Waals surface area contributed by atoms with Crippen LogP contribution in [0.1, 0.15) is 27.3 Å². The lowest BCUT2D eigenvalue weighted by molar-refractivity contribution is 0.0765. The number of rotatable bonds is 4. The molecule has 4 nitrogen and oxygen atoms in total. The van der Waals surface area contributed by atoms with Crippen LogP contribution in [0.25, 0.3) is 10.6 Å². The average Bonchev–Trinajstić information content (AvgIpc) is 2.98. The molecule has 29 heavy (non-hydrogen) atoms. The molecule has 0 N–H and O–H groups in total. The molecular formula is C23H24ClN3OS. The molecule has 1 saturated heterocycles. The van der Waals surface area contributed by atoms with E-state index in [1.54, 1.807) is 0 Å². The monoisotopic (exact) mass is 425 g/mol. The largest absolute Gasteiger partial charge is 0.337 e. The Morgan fingerprint density at radius 2 is 1.79 bits per heavy atom. The van der Waals surface area contributed by atoms with Crippen molar-refractivity contribution in [2.45, 2.75) is 19.9 Å². The van der Waals surface area contributed by atoms with Crippen LogP contribution < -0.4 is 0 Å². The summed E-state index contributed by atoms with van der Waals surface area (Å²) in [5, 5.41) is 1.67. The number of hydrogen-bond acceptors (Lipinski definition) is 4. The number of aryl methyl sites for hydroxylation is 1. The van der Waals surface area contributed by atoms with Crippen LogP contribution in [-0.2, 0) is 6.54 Å². The van der Waals surface area contributed by atoms with Gasteiger partial charge in [-0.3, -0.25) is 9.69 Å². The first-order valence-electron chi connectivity index (χ1n) is 9.89. The lowest BCUT2D eigenvalue weighted by atomic mass is 10.2. The van der Waals surface area contributed by atoms with Gasteiger partial charge in [0.25, 0.3) is 5.91 Å². The van der Waals surface area contributed by atoms with Gasteiger partial charge in [-0.1, -0.05) is 54.1 Å². The number of carbonyl (C=O) groups is 1. The van der Waals surface area contributed by atoms with E-state index in [2.05, 4.69) is 22.0 Å². The van der Waals surface area contributed by atoms with E-state index in [4.69, 9.17) is 11.6 Å². The third-order valence-corrected chi connectivity index (χ3v) is 6.65. The van der Waals surface area contributed by atoms with Crippen LogP contribution in [0.15, 0.2) is 54.6 Å². The molecule has 150 valence electrons. The number of carbonyl (C=O) groups excluding carboxylic acids is 1. The molecule has 0 saturated carbocycles. The predicted octanol–water partition coefficient (Wildman–Crippen LogP) is 5.12. The van der Waals surface area contributed by atoms with Crippen LogP contribution in [0.4, 0.5) is 0 Å². The van der Waals surface area contributed by atoms with E-state index in [0.717, 1.165) is 65.3 Å². The lowest BCUT2D eigenvalue weighted by Crippen LogP contribution is -2.35. The number of thiazole rings is 1. The smallest absolute Gasteiger partial charge is 0.265 e. The fourth-order valence-electron chi connectivity index (χ4n) is 3.62. The number of nitrogens with zero attached hydrogens (tertiary/aromatic N) is 3.